The first-order valence-corrected chi connectivity index (χ1v) is 9.41. The quantitative estimate of drug-likeness (QED) is 0.846. The Labute approximate surface area is 157 Å². The topological polar surface area (TPSA) is 61.9 Å². The van der Waals surface area contributed by atoms with E-state index in [9.17, 15) is 9.59 Å². The Morgan fingerprint density at radius 3 is 2.85 bits per heavy atom. The summed E-state index contributed by atoms with van der Waals surface area (Å²) in [5.74, 6) is 0.511. The summed E-state index contributed by atoms with van der Waals surface area (Å²) in [6, 6.07) is 9.29. The van der Waals surface area contributed by atoms with Crippen molar-refractivity contribution < 1.29 is 14.3 Å². The number of nitrogens with zero attached hydrogens (tertiary/aromatic N) is 2. The van der Waals surface area contributed by atoms with E-state index in [2.05, 4.69) is 5.32 Å². The second-order valence-corrected chi connectivity index (χ2v) is 7.57. The predicted octanol–water partition coefficient (Wildman–Crippen LogP) is 2.60. The Hall–Kier alpha value is -2.38. The zero-order chi connectivity index (χ0) is 18.7. The monoisotopic (exact) mass is 373 g/mol. The summed E-state index contributed by atoms with van der Waals surface area (Å²) in [6.07, 6.45) is -0.171. The van der Waals surface area contributed by atoms with Crippen molar-refractivity contribution in [1.82, 2.24) is 4.90 Å². The number of hydrogen-bond acceptors (Lipinski definition) is 5. The van der Waals surface area contributed by atoms with Crippen LogP contribution in [0.1, 0.15) is 11.8 Å². The van der Waals surface area contributed by atoms with Crippen LogP contribution in [0.4, 0.5) is 11.4 Å². The summed E-state index contributed by atoms with van der Waals surface area (Å²) < 4.78 is 5.71. The number of fused-ring (bicyclic) bond motifs is 1. The average molecular weight is 373 g/mol. The van der Waals surface area contributed by atoms with Gasteiger partial charge >= 0.3 is 0 Å². The minimum absolute atomic E-state index is 0.0681. The van der Waals surface area contributed by atoms with Crippen molar-refractivity contribution in [3.05, 3.63) is 40.6 Å². The van der Waals surface area contributed by atoms with Crippen molar-refractivity contribution in [1.29, 1.82) is 0 Å². The van der Waals surface area contributed by atoms with Gasteiger partial charge in [-0.25, -0.2) is 0 Å². The van der Waals surface area contributed by atoms with Crippen LogP contribution in [0, 0.1) is 0 Å². The first-order chi connectivity index (χ1) is 12.4. The number of carbonyl (C=O) groups excluding carboxylic acids is 2. The van der Waals surface area contributed by atoms with Gasteiger partial charge < -0.3 is 19.9 Å². The minimum Gasteiger partial charge on any atom is -0.479 e. The van der Waals surface area contributed by atoms with Crippen LogP contribution in [0.3, 0.4) is 0 Å². The maximum Gasteiger partial charge on any atom is 0.267 e. The van der Waals surface area contributed by atoms with Crippen LogP contribution in [-0.2, 0) is 16.0 Å². The Kier molecular flexibility index (Phi) is 5.58. The van der Waals surface area contributed by atoms with Crippen molar-refractivity contribution in [3.8, 4) is 5.75 Å². The highest BCUT2D eigenvalue weighted by Gasteiger charge is 2.31. The molecule has 0 bridgehead atoms. The molecule has 138 valence electrons. The van der Waals surface area contributed by atoms with Gasteiger partial charge in [0.05, 0.1) is 12.1 Å². The molecule has 0 radical (unpaired) electrons. The number of carbonyl (C=O) groups is 2. The molecule has 0 saturated heterocycles. The molecular weight excluding hydrogens is 350 g/mol. The maximum absolute atomic E-state index is 12.5. The number of nitrogens with one attached hydrogen (secondary N) is 1. The number of ether oxygens (including phenoxy) is 1. The van der Waals surface area contributed by atoms with E-state index in [1.807, 2.05) is 42.6 Å². The highest BCUT2D eigenvalue weighted by molar-refractivity contribution is 7.10. The molecule has 7 heteroatoms. The van der Waals surface area contributed by atoms with Crippen LogP contribution in [0.5, 0.6) is 5.75 Å². The lowest BCUT2D eigenvalue weighted by molar-refractivity contribution is -0.125. The lowest BCUT2D eigenvalue weighted by atomic mass is 10.1. The molecule has 0 saturated carbocycles. The van der Waals surface area contributed by atoms with E-state index in [-0.39, 0.29) is 11.8 Å². The average Bonchev–Trinajstić information content (AvgIpc) is 3.08. The summed E-state index contributed by atoms with van der Waals surface area (Å²) >= 11 is 1.56. The lowest BCUT2D eigenvalue weighted by Crippen LogP contribution is -2.46. The van der Waals surface area contributed by atoms with E-state index in [4.69, 9.17) is 4.74 Å². The first kappa shape index (κ1) is 18.4. The Bertz CT molecular complexity index is 789. The third-order valence-electron chi connectivity index (χ3n) is 4.14. The molecule has 0 fully saturated rings. The van der Waals surface area contributed by atoms with Crippen LogP contribution >= 0.6 is 11.3 Å². The zero-order valence-corrected chi connectivity index (χ0v) is 16.0. The van der Waals surface area contributed by atoms with Gasteiger partial charge in [0.2, 0.25) is 5.91 Å². The number of amides is 2. The van der Waals surface area contributed by atoms with E-state index in [0.717, 1.165) is 11.4 Å². The largest absolute Gasteiger partial charge is 0.479 e. The Morgan fingerprint density at radius 2 is 2.15 bits per heavy atom. The summed E-state index contributed by atoms with van der Waals surface area (Å²) in [6.45, 7) is 3.07. The van der Waals surface area contributed by atoms with Crippen molar-refractivity contribution >= 4 is 34.5 Å². The summed E-state index contributed by atoms with van der Waals surface area (Å²) in [4.78, 5) is 29.6. The fourth-order valence-corrected chi connectivity index (χ4v) is 3.50. The third kappa shape index (κ3) is 4.23. The van der Waals surface area contributed by atoms with Gasteiger partial charge in [0, 0.05) is 23.7 Å². The fraction of sp³-hybridized carbons (Fsp3) is 0.368. The number of rotatable bonds is 6. The maximum atomic E-state index is 12.5. The van der Waals surface area contributed by atoms with Crippen molar-refractivity contribution in [2.24, 2.45) is 0 Å². The molecule has 2 amide bonds. The van der Waals surface area contributed by atoms with Crippen LogP contribution in [0.25, 0.3) is 0 Å². The van der Waals surface area contributed by atoms with Gasteiger partial charge in [0.15, 0.2) is 6.10 Å². The molecule has 0 spiro atoms. The number of anilines is 2. The van der Waals surface area contributed by atoms with Gasteiger partial charge in [0.1, 0.15) is 5.75 Å². The standard InChI is InChI=1S/C19H23N3O3S/c1-13-19(24)22(9-8-21(2)3)16-11-14(6-7-17(16)25-13)20-18(23)12-15-5-4-10-26-15/h4-7,10-11,13H,8-9,12H2,1-3H3,(H,20,23). The van der Waals surface area contributed by atoms with Gasteiger partial charge in [-0.2, -0.15) is 0 Å². The highest BCUT2D eigenvalue weighted by Crippen LogP contribution is 2.36. The van der Waals surface area contributed by atoms with Crippen molar-refractivity contribution in [2.45, 2.75) is 19.4 Å². The van der Waals surface area contributed by atoms with Crippen LogP contribution in [-0.4, -0.2) is 50.0 Å². The number of hydrogen-bond donors (Lipinski definition) is 1. The molecule has 1 aliphatic heterocycles. The Morgan fingerprint density at radius 1 is 1.35 bits per heavy atom. The predicted molar refractivity (Wildman–Crippen MR) is 104 cm³/mol. The number of benzene rings is 1. The molecular formula is C19H23N3O3S. The molecule has 1 aromatic carbocycles. The normalized spacial score (nSPS) is 16.4. The molecule has 0 aliphatic carbocycles. The summed E-state index contributed by atoms with van der Waals surface area (Å²) in [5, 5.41) is 4.86. The molecule has 1 unspecified atom stereocenters. The molecule has 6 nitrogen and oxygen atoms in total. The molecule has 1 aliphatic rings. The highest BCUT2D eigenvalue weighted by atomic mass is 32.1. The Balaban J connectivity index is 1.78. The smallest absolute Gasteiger partial charge is 0.267 e. The van der Waals surface area contributed by atoms with Crippen molar-refractivity contribution in [3.63, 3.8) is 0 Å². The van der Waals surface area contributed by atoms with Gasteiger partial charge in [-0.15, -0.1) is 11.3 Å². The second kappa shape index (κ2) is 7.88. The van der Waals surface area contributed by atoms with Gasteiger partial charge in [-0.1, -0.05) is 6.07 Å². The molecule has 1 N–H and O–H groups in total. The SMILES string of the molecule is CC1Oc2ccc(NC(=O)Cc3cccs3)cc2N(CCN(C)C)C1=O. The number of thiophene rings is 1. The summed E-state index contributed by atoms with van der Waals surface area (Å²) in [7, 11) is 3.94. The van der Waals surface area contributed by atoms with Gasteiger partial charge in [0.25, 0.3) is 5.91 Å². The molecule has 2 aromatic rings. The minimum atomic E-state index is -0.510. The first-order valence-electron chi connectivity index (χ1n) is 8.53. The molecule has 1 aromatic heterocycles. The van der Waals surface area contributed by atoms with Crippen molar-refractivity contribution in [2.75, 3.05) is 37.4 Å². The molecule has 2 heterocycles. The van der Waals surface area contributed by atoms with Crippen LogP contribution < -0.4 is 15.0 Å². The van der Waals surface area contributed by atoms with Crippen LogP contribution in [0.15, 0.2) is 35.7 Å². The molecule has 3 rings (SSSR count). The van der Waals surface area contributed by atoms with Gasteiger partial charge in [-0.05, 0) is 50.7 Å². The second-order valence-electron chi connectivity index (χ2n) is 6.54. The molecule has 1 atom stereocenters. The van der Waals surface area contributed by atoms with E-state index in [1.165, 1.54) is 0 Å². The number of likely N-dealkylation sites (N-methyl/N-ethyl adjacent to an activating group) is 1. The van der Waals surface area contributed by atoms with E-state index in [1.54, 1.807) is 35.3 Å². The molecule has 26 heavy (non-hydrogen) atoms. The van der Waals surface area contributed by atoms with Gasteiger partial charge in [-0.3, -0.25) is 9.59 Å². The van der Waals surface area contributed by atoms with E-state index < -0.39 is 6.10 Å². The summed E-state index contributed by atoms with van der Waals surface area (Å²) in [5.41, 5.74) is 1.36. The third-order valence-corrected chi connectivity index (χ3v) is 5.01. The lowest BCUT2D eigenvalue weighted by Gasteiger charge is -2.34. The fourth-order valence-electron chi connectivity index (χ4n) is 2.79. The van der Waals surface area contributed by atoms with E-state index >= 15 is 0 Å². The zero-order valence-electron chi connectivity index (χ0n) is 15.2. The van der Waals surface area contributed by atoms with Crippen LogP contribution in [0.2, 0.25) is 0 Å². The van der Waals surface area contributed by atoms with E-state index in [0.29, 0.717) is 30.1 Å².